The summed E-state index contributed by atoms with van der Waals surface area (Å²) < 4.78 is 1.94. The van der Waals surface area contributed by atoms with Crippen LogP contribution in [0, 0.1) is 19.3 Å². The Morgan fingerprint density at radius 2 is 1.96 bits per heavy atom. The van der Waals surface area contributed by atoms with Crippen molar-refractivity contribution in [2.45, 2.75) is 58.9 Å². The molecular weight excluding hydrogens is 324 g/mol. The van der Waals surface area contributed by atoms with Crippen LogP contribution in [0.25, 0.3) is 5.69 Å². The van der Waals surface area contributed by atoms with Crippen molar-refractivity contribution in [3.63, 3.8) is 0 Å². The minimum absolute atomic E-state index is 0.00245. The molecule has 1 aromatic heterocycles. The van der Waals surface area contributed by atoms with E-state index in [9.17, 15) is 4.79 Å². The Bertz CT molecular complexity index is 759. The number of carbonyl (C=O) groups is 1. The van der Waals surface area contributed by atoms with E-state index >= 15 is 0 Å². The highest BCUT2D eigenvalue weighted by molar-refractivity contribution is 5.76. The Morgan fingerprint density at radius 3 is 2.62 bits per heavy atom. The van der Waals surface area contributed by atoms with Gasteiger partial charge < -0.3 is 11.1 Å². The average molecular weight is 354 g/mol. The Labute approximate surface area is 156 Å². The van der Waals surface area contributed by atoms with Crippen molar-refractivity contribution in [2.24, 2.45) is 11.1 Å². The summed E-state index contributed by atoms with van der Waals surface area (Å²) in [5, 5.41) is 7.68. The number of para-hydroxylation sites is 1. The van der Waals surface area contributed by atoms with Gasteiger partial charge in [-0.05, 0) is 56.3 Å². The molecule has 3 N–H and O–H groups in total. The number of hydrogen-bond donors (Lipinski definition) is 2. The normalized spacial score (nSPS) is 16.4. The van der Waals surface area contributed by atoms with Gasteiger partial charge in [0.15, 0.2) is 0 Å². The standard InChI is InChI=1S/C21H30N4O/c1-16-12-17(2)25(24-16)19-9-5-4-8-18(19)14-23-20(26)13-21(15-22)10-6-3-7-11-21/h4-5,8-9,12H,3,6-7,10-11,13-15,22H2,1-2H3,(H,23,26). The Kier molecular flexibility index (Phi) is 5.77. The number of nitrogens with one attached hydrogen (secondary N) is 1. The third-order valence-corrected chi connectivity index (χ3v) is 5.59. The van der Waals surface area contributed by atoms with Gasteiger partial charge in [-0.25, -0.2) is 4.68 Å². The van der Waals surface area contributed by atoms with Crippen LogP contribution < -0.4 is 11.1 Å². The first-order valence-electron chi connectivity index (χ1n) is 9.61. The summed E-state index contributed by atoms with van der Waals surface area (Å²) in [6, 6.07) is 10.2. The van der Waals surface area contributed by atoms with Crippen LogP contribution >= 0.6 is 0 Å². The lowest BCUT2D eigenvalue weighted by Crippen LogP contribution is -2.38. The third-order valence-electron chi connectivity index (χ3n) is 5.59. The zero-order chi connectivity index (χ0) is 18.6. The maximum absolute atomic E-state index is 12.6. The topological polar surface area (TPSA) is 72.9 Å². The summed E-state index contributed by atoms with van der Waals surface area (Å²) >= 11 is 0. The number of nitrogens with zero attached hydrogens (tertiary/aromatic N) is 2. The number of carbonyl (C=O) groups excluding carboxylic acids is 1. The van der Waals surface area contributed by atoms with Gasteiger partial charge in [-0.1, -0.05) is 37.5 Å². The van der Waals surface area contributed by atoms with Crippen molar-refractivity contribution in [1.82, 2.24) is 15.1 Å². The van der Waals surface area contributed by atoms with E-state index in [-0.39, 0.29) is 11.3 Å². The first kappa shape index (κ1) is 18.6. The largest absolute Gasteiger partial charge is 0.352 e. The molecule has 1 aliphatic rings. The molecule has 26 heavy (non-hydrogen) atoms. The lowest BCUT2D eigenvalue weighted by molar-refractivity contribution is -0.124. The van der Waals surface area contributed by atoms with E-state index in [0.717, 1.165) is 35.5 Å². The molecule has 1 saturated carbocycles. The van der Waals surface area contributed by atoms with Crippen LogP contribution in [0.4, 0.5) is 0 Å². The fourth-order valence-electron chi connectivity index (χ4n) is 4.09. The number of rotatable bonds is 6. The first-order valence-corrected chi connectivity index (χ1v) is 9.61. The van der Waals surface area contributed by atoms with E-state index < -0.39 is 0 Å². The van der Waals surface area contributed by atoms with E-state index in [2.05, 4.69) is 16.5 Å². The van der Waals surface area contributed by atoms with Gasteiger partial charge in [0.25, 0.3) is 0 Å². The average Bonchev–Trinajstić information content (AvgIpc) is 2.99. The van der Waals surface area contributed by atoms with E-state index in [4.69, 9.17) is 5.73 Å². The molecule has 5 nitrogen and oxygen atoms in total. The fourth-order valence-corrected chi connectivity index (χ4v) is 4.09. The van der Waals surface area contributed by atoms with E-state index in [1.165, 1.54) is 19.3 Å². The van der Waals surface area contributed by atoms with Crippen LogP contribution in [0.5, 0.6) is 0 Å². The van der Waals surface area contributed by atoms with Gasteiger partial charge in [0.1, 0.15) is 0 Å². The van der Waals surface area contributed by atoms with Crippen LogP contribution in [0.3, 0.4) is 0 Å². The van der Waals surface area contributed by atoms with Crippen LogP contribution in [-0.2, 0) is 11.3 Å². The summed E-state index contributed by atoms with van der Waals surface area (Å²) in [7, 11) is 0. The Morgan fingerprint density at radius 1 is 1.23 bits per heavy atom. The van der Waals surface area contributed by atoms with Gasteiger partial charge in [0, 0.05) is 18.7 Å². The molecule has 0 spiro atoms. The quantitative estimate of drug-likeness (QED) is 0.835. The lowest BCUT2D eigenvalue weighted by Gasteiger charge is -2.35. The predicted molar refractivity (Wildman–Crippen MR) is 104 cm³/mol. The second-order valence-electron chi connectivity index (χ2n) is 7.69. The molecule has 0 radical (unpaired) electrons. The van der Waals surface area contributed by atoms with Gasteiger partial charge in [-0.3, -0.25) is 4.79 Å². The number of nitrogens with two attached hydrogens (primary N) is 1. The molecule has 2 aromatic rings. The van der Waals surface area contributed by atoms with Crippen LogP contribution in [0.1, 0.15) is 55.5 Å². The summed E-state index contributed by atoms with van der Waals surface area (Å²) in [5.41, 5.74) is 10.2. The van der Waals surface area contributed by atoms with Crippen molar-refractivity contribution in [3.8, 4) is 5.69 Å². The highest BCUT2D eigenvalue weighted by Gasteiger charge is 2.32. The highest BCUT2D eigenvalue weighted by Crippen LogP contribution is 2.38. The molecule has 0 saturated heterocycles. The van der Waals surface area contributed by atoms with Crippen molar-refractivity contribution in [2.75, 3.05) is 6.54 Å². The fraction of sp³-hybridized carbons (Fsp3) is 0.524. The van der Waals surface area contributed by atoms with Crippen molar-refractivity contribution >= 4 is 5.91 Å². The highest BCUT2D eigenvalue weighted by atomic mass is 16.1. The molecule has 1 fully saturated rings. The SMILES string of the molecule is Cc1cc(C)n(-c2ccccc2CNC(=O)CC2(CN)CCCCC2)n1. The molecule has 0 aliphatic heterocycles. The first-order chi connectivity index (χ1) is 12.5. The molecule has 0 unspecified atom stereocenters. The van der Waals surface area contributed by atoms with Gasteiger partial charge >= 0.3 is 0 Å². The Balaban J connectivity index is 1.68. The number of benzene rings is 1. The van der Waals surface area contributed by atoms with Gasteiger partial charge in [0.2, 0.25) is 5.91 Å². The molecule has 1 aliphatic carbocycles. The zero-order valence-corrected chi connectivity index (χ0v) is 15.9. The maximum Gasteiger partial charge on any atom is 0.220 e. The second-order valence-corrected chi connectivity index (χ2v) is 7.69. The van der Waals surface area contributed by atoms with Crippen LogP contribution in [0.15, 0.2) is 30.3 Å². The number of hydrogen-bond acceptors (Lipinski definition) is 3. The molecular formula is C21H30N4O. The minimum Gasteiger partial charge on any atom is -0.352 e. The molecule has 3 rings (SSSR count). The van der Waals surface area contributed by atoms with Crippen LogP contribution in [0.2, 0.25) is 0 Å². The summed E-state index contributed by atoms with van der Waals surface area (Å²) in [6.07, 6.45) is 6.31. The minimum atomic E-state index is -0.00245. The molecule has 5 heteroatoms. The van der Waals surface area contributed by atoms with Gasteiger partial charge in [-0.15, -0.1) is 0 Å². The zero-order valence-electron chi connectivity index (χ0n) is 15.9. The summed E-state index contributed by atoms with van der Waals surface area (Å²) in [6.45, 7) is 5.14. The summed E-state index contributed by atoms with van der Waals surface area (Å²) in [5.74, 6) is 0.0977. The summed E-state index contributed by atoms with van der Waals surface area (Å²) in [4.78, 5) is 12.6. The molecule has 140 valence electrons. The molecule has 0 bridgehead atoms. The monoisotopic (exact) mass is 354 g/mol. The maximum atomic E-state index is 12.6. The van der Waals surface area contributed by atoms with Gasteiger partial charge in [0.05, 0.1) is 11.4 Å². The smallest absolute Gasteiger partial charge is 0.220 e. The van der Waals surface area contributed by atoms with E-state index in [1.54, 1.807) is 0 Å². The molecule has 0 atom stereocenters. The van der Waals surface area contributed by atoms with Crippen molar-refractivity contribution in [3.05, 3.63) is 47.3 Å². The number of aryl methyl sites for hydroxylation is 2. The van der Waals surface area contributed by atoms with Gasteiger partial charge in [-0.2, -0.15) is 5.10 Å². The van der Waals surface area contributed by atoms with Crippen LogP contribution in [-0.4, -0.2) is 22.2 Å². The van der Waals surface area contributed by atoms with Crippen molar-refractivity contribution in [1.29, 1.82) is 0 Å². The van der Waals surface area contributed by atoms with E-state index in [1.807, 2.05) is 42.8 Å². The number of amides is 1. The predicted octanol–water partition coefficient (Wildman–Crippen LogP) is 3.40. The Hall–Kier alpha value is -2.14. The van der Waals surface area contributed by atoms with E-state index in [0.29, 0.717) is 19.5 Å². The molecule has 1 aromatic carbocycles. The number of aromatic nitrogens is 2. The molecule has 1 amide bonds. The lowest BCUT2D eigenvalue weighted by atomic mass is 9.71. The third kappa shape index (κ3) is 4.15. The molecule has 1 heterocycles. The second kappa shape index (κ2) is 8.04. The van der Waals surface area contributed by atoms with Crippen molar-refractivity contribution < 1.29 is 4.79 Å².